The number of hydrogen-bond donors (Lipinski definition) is 1. The third-order valence-electron chi connectivity index (χ3n) is 5.36. The second-order valence-corrected chi connectivity index (χ2v) is 7.83. The summed E-state index contributed by atoms with van der Waals surface area (Å²) in [6, 6.07) is 11.6. The molecule has 9 heteroatoms. The molecule has 2 heterocycles. The van der Waals surface area contributed by atoms with Crippen molar-refractivity contribution < 1.29 is 28.2 Å². The first-order valence-corrected chi connectivity index (χ1v) is 10.4. The standard InChI is InChI=1S/C24H22ClNO7/c1-12-9-16-20(24(28)32-12)19(13-10-17(29-2)21(31-4)18(11-13)30-3)22(33-16)23(27)26-15-7-5-14(25)6-8-15/h5-11,19,22H,1-4H3,(H,26,27). The molecule has 0 radical (unpaired) electrons. The molecule has 1 aliphatic rings. The van der Waals surface area contributed by atoms with Gasteiger partial charge in [-0.2, -0.15) is 0 Å². The van der Waals surface area contributed by atoms with E-state index in [0.717, 1.165) is 0 Å². The maximum absolute atomic E-state index is 13.3. The Morgan fingerprint density at radius 1 is 1.00 bits per heavy atom. The van der Waals surface area contributed by atoms with Gasteiger partial charge in [-0.25, -0.2) is 4.79 Å². The lowest BCUT2D eigenvalue weighted by Gasteiger charge is -2.21. The smallest absolute Gasteiger partial charge is 0.343 e. The van der Waals surface area contributed by atoms with E-state index in [2.05, 4.69) is 5.32 Å². The number of aryl methyl sites for hydroxylation is 1. The number of carbonyl (C=O) groups excluding carboxylic acids is 1. The maximum atomic E-state index is 13.3. The monoisotopic (exact) mass is 471 g/mol. The molecule has 2 atom stereocenters. The molecular formula is C24H22ClNO7. The summed E-state index contributed by atoms with van der Waals surface area (Å²) in [5, 5.41) is 3.36. The Morgan fingerprint density at radius 2 is 1.64 bits per heavy atom. The van der Waals surface area contributed by atoms with Crippen molar-refractivity contribution in [1.82, 2.24) is 0 Å². The molecule has 0 saturated carbocycles. The molecule has 0 bridgehead atoms. The minimum absolute atomic E-state index is 0.242. The highest BCUT2D eigenvalue weighted by Gasteiger charge is 2.44. The number of hydrogen-bond acceptors (Lipinski definition) is 7. The van der Waals surface area contributed by atoms with Crippen LogP contribution < -0.4 is 29.9 Å². The molecule has 0 spiro atoms. The van der Waals surface area contributed by atoms with Crippen molar-refractivity contribution in [2.45, 2.75) is 18.9 Å². The molecule has 1 N–H and O–H groups in total. The van der Waals surface area contributed by atoms with Crippen molar-refractivity contribution in [2.24, 2.45) is 0 Å². The van der Waals surface area contributed by atoms with E-state index < -0.39 is 23.6 Å². The van der Waals surface area contributed by atoms with E-state index >= 15 is 0 Å². The molecule has 0 saturated heterocycles. The summed E-state index contributed by atoms with van der Waals surface area (Å²) in [5.74, 6) is 0.602. The maximum Gasteiger partial charge on any atom is 0.343 e. The fraction of sp³-hybridized carbons (Fsp3) is 0.250. The van der Waals surface area contributed by atoms with Crippen molar-refractivity contribution >= 4 is 23.2 Å². The average Bonchev–Trinajstić information content (AvgIpc) is 3.19. The van der Waals surface area contributed by atoms with Crippen molar-refractivity contribution in [3.63, 3.8) is 0 Å². The molecule has 2 aromatic carbocycles. The predicted octanol–water partition coefficient (Wildman–Crippen LogP) is 4.16. The summed E-state index contributed by atoms with van der Waals surface area (Å²) < 4.78 is 27.6. The Balaban J connectivity index is 1.82. The molecule has 1 amide bonds. The van der Waals surface area contributed by atoms with Gasteiger partial charge in [0, 0.05) is 16.8 Å². The van der Waals surface area contributed by atoms with Gasteiger partial charge in [0.1, 0.15) is 11.5 Å². The van der Waals surface area contributed by atoms with Crippen LogP contribution in [0.3, 0.4) is 0 Å². The number of methoxy groups -OCH3 is 3. The normalized spacial score (nSPS) is 16.5. The summed E-state index contributed by atoms with van der Waals surface area (Å²) in [6.45, 7) is 1.64. The lowest BCUT2D eigenvalue weighted by molar-refractivity contribution is -0.122. The van der Waals surface area contributed by atoms with Gasteiger partial charge in [-0.3, -0.25) is 4.79 Å². The number of benzene rings is 2. The number of rotatable bonds is 6. The molecule has 0 aliphatic carbocycles. The zero-order chi connectivity index (χ0) is 23.7. The van der Waals surface area contributed by atoms with Crippen LogP contribution in [0.1, 0.15) is 22.8 Å². The first-order valence-electron chi connectivity index (χ1n) is 10.0. The molecule has 8 nitrogen and oxygen atoms in total. The highest BCUT2D eigenvalue weighted by molar-refractivity contribution is 6.30. The van der Waals surface area contributed by atoms with Crippen LogP contribution >= 0.6 is 11.6 Å². The van der Waals surface area contributed by atoms with Gasteiger partial charge in [-0.1, -0.05) is 11.6 Å². The summed E-state index contributed by atoms with van der Waals surface area (Å²) in [6.07, 6.45) is -1.05. The molecular weight excluding hydrogens is 450 g/mol. The Bertz CT molecular complexity index is 1230. The van der Waals surface area contributed by atoms with E-state index in [0.29, 0.717) is 45.0 Å². The van der Waals surface area contributed by atoms with Gasteiger partial charge in [-0.15, -0.1) is 0 Å². The second kappa shape index (κ2) is 9.07. The Labute approximate surface area is 195 Å². The Morgan fingerprint density at radius 3 is 2.21 bits per heavy atom. The van der Waals surface area contributed by atoms with Crippen molar-refractivity contribution in [3.05, 3.63) is 74.8 Å². The molecule has 0 fully saturated rings. The van der Waals surface area contributed by atoms with Gasteiger partial charge in [0.05, 0.1) is 32.8 Å². The highest BCUT2D eigenvalue weighted by atomic mass is 35.5. The number of ether oxygens (including phenoxy) is 4. The Hall–Kier alpha value is -3.65. The van der Waals surface area contributed by atoms with Gasteiger partial charge in [-0.05, 0) is 48.9 Å². The number of halogens is 1. The number of fused-ring (bicyclic) bond motifs is 1. The van der Waals surface area contributed by atoms with Crippen LogP contribution in [0.2, 0.25) is 5.02 Å². The van der Waals surface area contributed by atoms with E-state index in [4.69, 9.17) is 35.0 Å². The fourth-order valence-electron chi connectivity index (χ4n) is 3.90. The quantitative estimate of drug-likeness (QED) is 0.576. The Kier molecular flexibility index (Phi) is 6.20. The number of anilines is 1. The zero-order valence-corrected chi connectivity index (χ0v) is 19.2. The van der Waals surface area contributed by atoms with Crippen LogP contribution in [0.15, 0.2) is 51.7 Å². The third kappa shape index (κ3) is 4.21. The van der Waals surface area contributed by atoms with Crippen LogP contribution in [-0.4, -0.2) is 33.3 Å². The first-order chi connectivity index (χ1) is 15.9. The third-order valence-corrected chi connectivity index (χ3v) is 5.61. The topological polar surface area (TPSA) is 96.2 Å². The minimum atomic E-state index is -1.05. The molecule has 2 unspecified atom stereocenters. The van der Waals surface area contributed by atoms with Gasteiger partial charge < -0.3 is 28.7 Å². The predicted molar refractivity (Wildman–Crippen MR) is 122 cm³/mol. The number of amides is 1. The van der Waals surface area contributed by atoms with E-state index in [1.807, 2.05) is 0 Å². The van der Waals surface area contributed by atoms with Crippen molar-refractivity contribution in [1.29, 1.82) is 0 Å². The molecule has 1 aliphatic heterocycles. The van der Waals surface area contributed by atoms with Crippen LogP contribution in [0.4, 0.5) is 5.69 Å². The molecule has 172 valence electrons. The summed E-state index contributed by atoms with van der Waals surface area (Å²) in [7, 11) is 4.47. The number of carbonyl (C=O) groups is 1. The van der Waals surface area contributed by atoms with E-state index in [9.17, 15) is 9.59 Å². The summed E-state index contributed by atoms with van der Waals surface area (Å²) in [5.41, 5.74) is 0.767. The first kappa shape index (κ1) is 22.5. The lowest BCUT2D eigenvalue weighted by Crippen LogP contribution is -2.35. The fourth-order valence-corrected chi connectivity index (χ4v) is 4.03. The van der Waals surface area contributed by atoms with Crippen molar-refractivity contribution in [2.75, 3.05) is 26.6 Å². The van der Waals surface area contributed by atoms with Crippen molar-refractivity contribution in [3.8, 4) is 23.0 Å². The van der Waals surface area contributed by atoms with Gasteiger partial charge in [0.15, 0.2) is 17.6 Å². The van der Waals surface area contributed by atoms with Crippen LogP contribution in [0.5, 0.6) is 23.0 Å². The number of nitrogens with one attached hydrogen (secondary N) is 1. The van der Waals surface area contributed by atoms with E-state index in [1.165, 1.54) is 21.3 Å². The lowest BCUT2D eigenvalue weighted by atomic mass is 9.88. The zero-order valence-electron chi connectivity index (χ0n) is 18.4. The highest BCUT2D eigenvalue weighted by Crippen LogP contribution is 2.46. The van der Waals surface area contributed by atoms with Crippen LogP contribution in [-0.2, 0) is 4.79 Å². The molecule has 33 heavy (non-hydrogen) atoms. The van der Waals surface area contributed by atoms with Crippen LogP contribution in [0.25, 0.3) is 0 Å². The SMILES string of the molecule is COc1cc(C2c3c(cc(C)oc3=O)OC2C(=O)Nc2ccc(Cl)cc2)cc(OC)c1OC. The summed E-state index contributed by atoms with van der Waals surface area (Å²) >= 11 is 5.94. The van der Waals surface area contributed by atoms with Gasteiger partial charge in [0.2, 0.25) is 5.75 Å². The van der Waals surface area contributed by atoms with E-state index in [1.54, 1.807) is 49.4 Å². The minimum Gasteiger partial charge on any atom is -0.493 e. The van der Waals surface area contributed by atoms with Gasteiger partial charge >= 0.3 is 5.63 Å². The van der Waals surface area contributed by atoms with Crippen LogP contribution in [0, 0.1) is 6.92 Å². The second-order valence-electron chi connectivity index (χ2n) is 7.39. The average molecular weight is 472 g/mol. The van der Waals surface area contributed by atoms with E-state index in [-0.39, 0.29) is 5.56 Å². The van der Waals surface area contributed by atoms with Gasteiger partial charge in [0.25, 0.3) is 5.91 Å². The molecule has 1 aromatic heterocycles. The molecule has 3 aromatic rings. The summed E-state index contributed by atoms with van der Waals surface area (Å²) in [4.78, 5) is 26.1. The molecule has 4 rings (SSSR count). The largest absolute Gasteiger partial charge is 0.493 e.